The molecule has 110 valence electrons. The molecule has 0 bridgehead atoms. The van der Waals surface area contributed by atoms with Crippen molar-refractivity contribution in [2.24, 2.45) is 11.7 Å². The zero-order valence-electron chi connectivity index (χ0n) is 11.8. The highest BCUT2D eigenvalue weighted by Crippen LogP contribution is 2.20. The van der Waals surface area contributed by atoms with Crippen molar-refractivity contribution in [3.05, 3.63) is 29.6 Å². The molecule has 0 aromatic heterocycles. The topological polar surface area (TPSA) is 55.6 Å². The molecule has 1 aliphatic rings. The van der Waals surface area contributed by atoms with E-state index in [2.05, 4.69) is 0 Å². The summed E-state index contributed by atoms with van der Waals surface area (Å²) in [5, 5.41) is 0. The van der Waals surface area contributed by atoms with Crippen molar-refractivity contribution in [2.75, 3.05) is 26.7 Å². The molecule has 2 rings (SSSR count). The number of nitrogens with zero attached hydrogens (tertiary/aromatic N) is 1. The molecule has 20 heavy (non-hydrogen) atoms. The van der Waals surface area contributed by atoms with Crippen LogP contribution < -0.4 is 10.5 Å². The number of methoxy groups -OCH3 is 1. The molecule has 5 heteroatoms. The Balaban J connectivity index is 1.86. The molecule has 1 heterocycles. The number of carbonyl (C=O) groups excluding carboxylic acids is 1. The normalized spacial score (nSPS) is 18.4. The van der Waals surface area contributed by atoms with Gasteiger partial charge in [-0.1, -0.05) is 6.07 Å². The summed E-state index contributed by atoms with van der Waals surface area (Å²) in [5.41, 5.74) is 6.42. The molecule has 1 aromatic carbocycles. The van der Waals surface area contributed by atoms with E-state index in [-0.39, 0.29) is 17.5 Å². The summed E-state index contributed by atoms with van der Waals surface area (Å²) in [4.78, 5) is 13.9. The molecular formula is C15H21FN2O2. The van der Waals surface area contributed by atoms with Gasteiger partial charge in [0.25, 0.3) is 0 Å². The molecule has 1 saturated heterocycles. The summed E-state index contributed by atoms with van der Waals surface area (Å²) in [6, 6.07) is 4.82. The second-order valence-corrected chi connectivity index (χ2v) is 5.20. The molecule has 4 nitrogen and oxygen atoms in total. The van der Waals surface area contributed by atoms with Gasteiger partial charge in [0.1, 0.15) is 0 Å². The van der Waals surface area contributed by atoms with Crippen molar-refractivity contribution < 1.29 is 13.9 Å². The van der Waals surface area contributed by atoms with Gasteiger partial charge in [0.15, 0.2) is 11.6 Å². The Labute approximate surface area is 118 Å². The summed E-state index contributed by atoms with van der Waals surface area (Å²) >= 11 is 0. The zero-order valence-corrected chi connectivity index (χ0v) is 11.8. The molecule has 0 spiro atoms. The minimum absolute atomic E-state index is 0.122. The Morgan fingerprint density at radius 2 is 2.35 bits per heavy atom. The van der Waals surface area contributed by atoms with E-state index in [1.807, 2.05) is 4.90 Å². The van der Waals surface area contributed by atoms with Crippen LogP contribution in [0.2, 0.25) is 0 Å². The van der Waals surface area contributed by atoms with Gasteiger partial charge in [-0.3, -0.25) is 4.79 Å². The highest BCUT2D eigenvalue weighted by molar-refractivity contribution is 5.76. The van der Waals surface area contributed by atoms with Gasteiger partial charge in [-0.05, 0) is 43.0 Å². The fourth-order valence-corrected chi connectivity index (χ4v) is 2.53. The monoisotopic (exact) mass is 280 g/mol. The smallest absolute Gasteiger partial charge is 0.222 e. The number of aryl methyl sites for hydroxylation is 1. The van der Waals surface area contributed by atoms with Crippen LogP contribution in [0.15, 0.2) is 18.2 Å². The van der Waals surface area contributed by atoms with Crippen LogP contribution in [0.1, 0.15) is 18.4 Å². The third-order valence-electron chi connectivity index (χ3n) is 3.82. The molecule has 1 aromatic rings. The molecule has 1 aliphatic heterocycles. The van der Waals surface area contributed by atoms with Crippen molar-refractivity contribution in [1.82, 2.24) is 4.90 Å². The molecule has 1 atom stereocenters. The summed E-state index contributed by atoms with van der Waals surface area (Å²) in [6.45, 7) is 2.18. The Hall–Kier alpha value is -1.62. The number of halogens is 1. The van der Waals surface area contributed by atoms with Crippen molar-refractivity contribution in [3.63, 3.8) is 0 Å². The van der Waals surface area contributed by atoms with E-state index in [1.54, 1.807) is 12.1 Å². The largest absolute Gasteiger partial charge is 0.494 e. The maximum Gasteiger partial charge on any atom is 0.222 e. The van der Waals surface area contributed by atoms with Crippen molar-refractivity contribution in [1.29, 1.82) is 0 Å². The first-order valence-electron chi connectivity index (χ1n) is 6.94. The lowest BCUT2D eigenvalue weighted by molar-refractivity contribution is -0.130. The van der Waals surface area contributed by atoms with Crippen molar-refractivity contribution >= 4 is 5.91 Å². The van der Waals surface area contributed by atoms with E-state index in [0.29, 0.717) is 25.3 Å². The average molecular weight is 280 g/mol. The molecule has 2 N–H and O–H groups in total. The van der Waals surface area contributed by atoms with Gasteiger partial charge in [-0.15, -0.1) is 0 Å². The lowest BCUT2D eigenvalue weighted by Gasteiger charge is -2.16. The first-order chi connectivity index (χ1) is 9.63. The Kier molecular flexibility index (Phi) is 4.95. The predicted molar refractivity (Wildman–Crippen MR) is 75.0 cm³/mol. The molecule has 0 aliphatic carbocycles. The van der Waals surface area contributed by atoms with E-state index in [4.69, 9.17) is 10.5 Å². The van der Waals surface area contributed by atoms with E-state index in [0.717, 1.165) is 25.1 Å². The van der Waals surface area contributed by atoms with Gasteiger partial charge >= 0.3 is 0 Å². The number of hydrogen-bond donors (Lipinski definition) is 1. The number of likely N-dealkylation sites (tertiary alicyclic amines) is 1. The highest BCUT2D eigenvalue weighted by Gasteiger charge is 2.24. The van der Waals surface area contributed by atoms with Crippen LogP contribution in [0, 0.1) is 11.7 Å². The van der Waals surface area contributed by atoms with Crippen LogP contribution in [0.5, 0.6) is 5.75 Å². The van der Waals surface area contributed by atoms with E-state index >= 15 is 0 Å². The van der Waals surface area contributed by atoms with E-state index in [1.165, 1.54) is 13.2 Å². The fraction of sp³-hybridized carbons (Fsp3) is 0.533. The van der Waals surface area contributed by atoms with Crippen LogP contribution in [0.3, 0.4) is 0 Å². The number of hydrogen-bond acceptors (Lipinski definition) is 3. The van der Waals surface area contributed by atoms with Crippen LogP contribution in [0.4, 0.5) is 4.39 Å². The number of amides is 1. The summed E-state index contributed by atoms with van der Waals surface area (Å²) in [7, 11) is 1.43. The Bertz CT molecular complexity index is 479. The van der Waals surface area contributed by atoms with Gasteiger partial charge in [-0.25, -0.2) is 4.39 Å². The third-order valence-corrected chi connectivity index (χ3v) is 3.82. The first kappa shape index (κ1) is 14.8. The van der Waals surface area contributed by atoms with Crippen molar-refractivity contribution in [3.8, 4) is 5.75 Å². The quantitative estimate of drug-likeness (QED) is 0.891. The van der Waals surface area contributed by atoms with Gasteiger partial charge in [0.2, 0.25) is 5.91 Å². The van der Waals surface area contributed by atoms with Crippen LogP contribution in [-0.2, 0) is 11.2 Å². The summed E-state index contributed by atoms with van der Waals surface area (Å²) in [6.07, 6.45) is 1.94. The Morgan fingerprint density at radius 3 is 2.95 bits per heavy atom. The highest BCUT2D eigenvalue weighted by atomic mass is 19.1. The minimum atomic E-state index is -0.387. The molecule has 1 amide bonds. The second-order valence-electron chi connectivity index (χ2n) is 5.20. The number of nitrogens with two attached hydrogens (primary N) is 1. The van der Waals surface area contributed by atoms with Crippen molar-refractivity contribution in [2.45, 2.75) is 19.3 Å². The second kappa shape index (κ2) is 6.70. The number of rotatable bonds is 5. The first-order valence-corrected chi connectivity index (χ1v) is 6.94. The maximum atomic E-state index is 13.5. The number of ether oxygens (including phenoxy) is 1. The minimum Gasteiger partial charge on any atom is -0.494 e. The molecular weight excluding hydrogens is 259 g/mol. The number of carbonyl (C=O) groups is 1. The lowest BCUT2D eigenvalue weighted by Crippen LogP contribution is -2.30. The average Bonchev–Trinajstić information content (AvgIpc) is 2.94. The summed E-state index contributed by atoms with van der Waals surface area (Å²) in [5.74, 6) is 0.391. The molecule has 0 saturated carbocycles. The third kappa shape index (κ3) is 3.48. The van der Waals surface area contributed by atoms with Gasteiger partial charge in [0, 0.05) is 19.5 Å². The van der Waals surface area contributed by atoms with Gasteiger partial charge < -0.3 is 15.4 Å². The van der Waals surface area contributed by atoms with Gasteiger partial charge in [-0.2, -0.15) is 0 Å². The predicted octanol–water partition coefficient (Wildman–Crippen LogP) is 1.57. The summed E-state index contributed by atoms with van der Waals surface area (Å²) < 4.78 is 18.4. The van der Waals surface area contributed by atoms with E-state index < -0.39 is 0 Å². The standard InChI is InChI=1S/C15H21FN2O2/c1-20-14-4-2-11(8-13(14)16)3-5-15(19)18-7-6-12(9-17)10-18/h2,4,8,12H,3,5-7,9-10,17H2,1H3/t12-/m0/s1. The fourth-order valence-electron chi connectivity index (χ4n) is 2.53. The van der Waals surface area contributed by atoms with Crippen LogP contribution >= 0.6 is 0 Å². The molecule has 1 fully saturated rings. The maximum absolute atomic E-state index is 13.5. The molecule has 0 unspecified atom stereocenters. The molecule has 0 radical (unpaired) electrons. The van der Waals surface area contributed by atoms with E-state index in [9.17, 15) is 9.18 Å². The number of benzene rings is 1. The van der Waals surface area contributed by atoms with Crippen LogP contribution in [-0.4, -0.2) is 37.6 Å². The van der Waals surface area contributed by atoms with Gasteiger partial charge in [0.05, 0.1) is 7.11 Å². The Morgan fingerprint density at radius 1 is 1.55 bits per heavy atom. The lowest BCUT2D eigenvalue weighted by atomic mass is 10.1. The zero-order chi connectivity index (χ0) is 14.5. The SMILES string of the molecule is COc1ccc(CCC(=O)N2CC[C@@H](CN)C2)cc1F. The van der Waals surface area contributed by atoms with Crippen LogP contribution in [0.25, 0.3) is 0 Å².